The predicted molar refractivity (Wildman–Crippen MR) is 106 cm³/mol. The van der Waals surface area contributed by atoms with Crippen LogP contribution in [0.1, 0.15) is 36.8 Å². The highest BCUT2D eigenvalue weighted by Crippen LogP contribution is 2.34. The maximum atomic E-state index is 13.0. The fraction of sp³-hybridized carbons (Fsp3) is 0.591. The van der Waals surface area contributed by atoms with Crippen LogP contribution < -0.4 is 4.74 Å². The van der Waals surface area contributed by atoms with Gasteiger partial charge >= 0.3 is 12.2 Å². The van der Waals surface area contributed by atoms with Crippen molar-refractivity contribution in [2.24, 2.45) is 5.92 Å². The van der Waals surface area contributed by atoms with Crippen LogP contribution >= 0.6 is 0 Å². The third-order valence-electron chi connectivity index (χ3n) is 6.32. The van der Waals surface area contributed by atoms with E-state index >= 15 is 0 Å². The van der Waals surface area contributed by atoms with Crippen LogP contribution in [0.4, 0.5) is 18.0 Å². The highest BCUT2D eigenvalue weighted by Gasteiger charge is 2.38. The number of likely N-dealkylation sites (tertiary alicyclic amines) is 2. The number of halogens is 3. The quantitative estimate of drug-likeness (QED) is 0.690. The van der Waals surface area contributed by atoms with Crippen molar-refractivity contribution in [3.05, 3.63) is 29.3 Å². The molecular formula is C22H24F3N3O4. The molecule has 0 radical (unpaired) electrons. The van der Waals surface area contributed by atoms with E-state index in [1.807, 2.05) is 0 Å². The lowest BCUT2D eigenvalue weighted by Crippen LogP contribution is -2.55. The summed E-state index contributed by atoms with van der Waals surface area (Å²) in [5.74, 6) is 0.327. The zero-order chi connectivity index (χ0) is 22.9. The van der Waals surface area contributed by atoms with E-state index in [9.17, 15) is 22.8 Å². The Hall–Kier alpha value is -2.80. The van der Waals surface area contributed by atoms with Crippen LogP contribution in [0.2, 0.25) is 0 Å². The number of urea groups is 1. The zero-order valence-electron chi connectivity index (χ0n) is 17.4. The van der Waals surface area contributed by atoms with Crippen molar-refractivity contribution < 1.29 is 32.2 Å². The number of nitriles is 1. The van der Waals surface area contributed by atoms with Crippen LogP contribution in [0, 0.1) is 17.2 Å². The molecule has 0 unspecified atom stereocenters. The van der Waals surface area contributed by atoms with E-state index in [0.29, 0.717) is 45.4 Å². The lowest BCUT2D eigenvalue weighted by Gasteiger charge is -2.43. The number of alkyl halides is 3. The second kappa shape index (κ2) is 8.98. The van der Waals surface area contributed by atoms with Crippen molar-refractivity contribution in [3.8, 4) is 11.8 Å². The summed E-state index contributed by atoms with van der Waals surface area (Å²) in [6, 6.07) is 4.69. The lowest BCUT2D eigenvalue weighted by molar-refractivity contribution is -0.140. The standard InChI is InChI=1S/C22H24F3N3O4/c23-22(24,25)19-2-1-18(10-14(19)11-26)32-17-3-6-27(7-4-17)21(30)28-8-5-20-15(12-28)9-16(29)13-31-20/h1-2,10,15,17,20H,3-9,12-13H2/t15-,20+/m1/s1. The molecule has 2 atom stereocenters. The van der Waals surface area contributed by atoms with Gasteiger partial charge in [-0.15, -0.1) is 0 Å². The van der Waals surface area contributed by atoms with E-state index in [4.69, 9.17) is 14.7 Å². The summed E-state index contributed by atoms with van der Waals surface area (Å²) in [4.78, 5) is 28.1. The molecule has 4 rings (SSSR count). The smallest absolute Gasteiger partial charge is 0.417 e. The Morgan fingerprint density at radius 3 is 2.56 bits per heavy atom. The lowest BCUT2D eigenvalue weighted by atomic mass is 9.88. The van der Waals surface area contributed by atoms with Crippen LogP contribution in [0.15, 0.2) is 18.2 Å². The molecule has 3 fully saturated rings. The number of piperidine rings is 2. The second-order valence-electron chi connectivity index (χ2n) is 8.49. The topological polar surface area (TPSA) is 82.9 Å². The van der Waals surface area contributed by atoms with E-state index in [0.717, 1.165) is 18.6 Å². The minimum absolute atomic E-state index is 0.0397. The maximum absolute atomic E-state index is 13.0. The number of ketones is 1. The molecule has 0 aliphatic carbocycles. The van der Waals surface area contributed by atoms with Gasteiger partial charge in [-0.2, -0.15) is 18.4 Å². The molecule has 0 N–H and O–H groups in total. The van der Waals surface area contributed by atoms with Gasteiger partial charge in [0, 0.05) is 51.4 Å². The van der Waals surface area contributed by atoms with E-state index in [2.05, 4.69) is 0 Å². The largest absolute Gasteiger partial charge is 0.490 e. The van der Waals surface area contributed by atoms with Crippen molar-refractivity contribution in [2.75, 3.05) is 32.8 Å². The van der Waals surface area contributed by atoms with Gasteiger partial charge < -0.3 is 19.3 Å². The van der Waals surface area contributed by atoms with Gasteiger partial charge in [0.2, 0.25) is 0 Å². The molecule has 3 saturated heterocycles. The number of nitrogens with zero attached hydrogens (tertiary/aromatic N) is 3. The molecule has 0 aromatic heterocycles. The molecule has 2 amide bonds. The van der Waals surface area contributed by atoms with Crippen molar-refractivity contribution >= 4 is 11.8 Å². The third-order valence-corrected chi connectivity index (χ3v) is 6.32. The molecule has 1 aromatic carbocycles. The number of carbonyl (C=O) groups excluding carboxylic acids is 2. The first-order valence-corrected chi connectivity index (χ1v) is 10.7. The van der Waals surface area contributed by atoms with Crippen molar-refractivity contribution in [2.45, 2.75) is 44.1 Å². The molecule has 3 aliphatic rings. The summed E-state index contributed by atoms with van der Waals surface area (Å²) < 4.78 is 50.2. The van der Waals surface area contributed by atoms with E-state index in [1.165, 1.54) is 6.07 Å². The first-order valence-electron chi connectivity index (χ1n) is 10.7. The summed E-state index contributed by atoms with van der Waals surface area (Å²) in [6.07, 6.45) is -2.57. The Labute approximate surface area is 183 Å². The van der Waals surface area contributed by atoms with Gasteiger partial charge in [-0.3, -0.25) is 4.79 Å². The van der Waals surface area contributed by atoms with Gasteiger partial charge in [0.1, 0.15) is 18.5 Å². The number of ether oxygens (including phenoxy) is 2. The SMILES string of the molecule is N#Cc1cc(OC2CCN(C(=O)N3CC[C@@H]4OCC(=O)C[C@@H]4C3)CC2)ccc1C(F)(F)F. The number of benzene rings is 1. The molecule has 3 heterocycles. The molecule has 1 aromatic rings. The van der Waals surface area contributed by atoms with Crippen LogP contribution in [0.5, 0.6) is 5.75 Å². The molecule has 172 valence electrons. The highest BCUT2D eigenvalue weighted by molar-refractivity contribution is 5.81. The second-order valence-corrected chi connectivity index (χ2v) is 8.49. The molecular weight excluding hydrogens is 427 g/mol. The molecule has 0 bridgehead atoms. The average molecular weight is 451 g/mol. The minimum atomic E-state index is -4.60. The van der Waals surface area contributed by atoms with E-state index < -0.39 is 17.3 Å². The van der Waals surface area contributed by atoms with Crippen LogP contribution in [0.25, 0.3) is 0 Å². The van der Waals surface area contributed by atoms with Gasteiger partial charge in [-0.25, -0.2) is 4.79 Å². The number of amides is 2. The minimum Gasteiger partial charge on any atom is -0.490 e. The maximum Gasteiger partial charge on any atom is 0.417 e. The molecule has 0 spiro atoms. The zero-order valence-corrected chi connectivity index (χ0v) is 17.4. The Morgan fingerprint density at radius 2 is 1.88 bits per heavy atom. The Kier molecular flexibility index (Phi) is 6.29. The van der Waals surface area contributed by atoms with Crippen molar-refractivity contribution in [1.82, 2.24) is 9.80 Å². The normalized spacial score (nSPS) is 24.6. The average Bonchev–Trinajstić information content (AvgIpc) is 2.77. The van der Waals surface area contributed by atoms with Gasteiger partial charge in [0.05, 0.1) is 23.3 Å². The third kappa shape index (κ3) is 4.83. The van der Waals surface area contributed by atoms with Crippen LogP contribution in [-0.2, 0) is 15.7 Å². The number of Topliss-reactive ketones (excluding diaryl/α,β-unsaturated/α-hetero) is 1. The number of carbonyl (C=O) groups is 2. The fourth-order valence-electron chi connectivity index (χ4n) is 4.64. The molecule has 7 nitrogen and oxygen atoms in total. The molecule has 32 heavy (non-hydrogen) atoms. The first-order chi connectivity index (χ1) is 15.2. The first kappa shape index (κ1) is 22.4. The van der Waals surface area contributed by atoms with Gasteiger partial charge in [-0.1, -0.05) is 0 Å². The number of fused-ring (bicyclic) bond motifs is 1. The van der Waals surface area contributed by atoms with Crippen molar-refractivity contribution in [3.63, 3.8) is 0 Å². The fourth-order valence-corrected chi connectivity index (χ4v) is 4.64. The van der Waals surface area contributed by atoms with Crippen LogP contribution in [-0.4, -0.2) is 66.6 Å². The van der Waals surface area contributed by atoms with E-state index in [-0.39, 0.29) is 42.3 Å². The summed E-state index contributed by atoms with van der Waals surface area (Å²) in [5.41, 5.74) is -1.46. The molecule has 0 saturated carbocycles. The summed E-state index contributed by atoms with van der Waals surface area (Å²) in [7, 11) is 0. The Bertz CT molecular complexity index is 922. The Balaban J connectivity index is 1.30. The number of rotatable bonds is 2. The highest BCUT2D eigenvalue weighted by atomic mass is 19.4. The summed E-state index contributed by atoms with van der Waals surface area (Å²) in [6.45, 7) is 2.20. The molecule has 3 aliphatic heterocycles. The number of hydrogen-bond donors (Lipinski definition) is 0. The van der Waals surface area contributed by atoms with Gasteiger partial charge in [-0.05, 0) is 24.6 Å². The van der Waals surface area contributed by atoms with Crippen LogP contribution in [0.3, 0.4) is 0 Å². The summed E-state index contributed by atoms with van der Waals surface area (Å²) in [5, 5.41) is 9.04. The van der Waals surface area contributed by atoms with Gasteiger partial charge in [0.25, 0.3) is 0 Å². The predicted octanol–water partition coefficient (Wildman–Crippen LogP) is 3.22. The van der Waals surface area contributed by atoms with Crippen molar-refractivity contribution in [1.29, 1.82) is 5.26 Å². The molecule has 10 heteroatoms. The monoisotopic (exact) mass is 451 g/mol. The number of hydrogen-bond acceptors (Lipinski definition) is 5. The van der Waals surface area contributed by atoms with E-state index in [1.54, 1.807) is 15.9 Å². The van der Waals surface area contributed by atoms with Gasteiger partial charge in [0.15, 0.2) is 5.78 Å². The summed E-state index contributed by atoms with van der Waals surface area (Å²) >= 11 is 0. The Morgan fingerprint density at radius 1 is 1.16 bits per heavy atom.